The number of carbonyl (C=O) groups excluding carboxylic acids is 2. The number of ether oxygens (including phenoxy) is 1. The van der Waals surface area contributed by atoms with Gasteiger partial charge in [-0.15, -0.1) is 0 Å². The lowest BCUT2D eigenvalue weighted by Crippen LogP contribution is -2.38. The molecule has 0 aliphatic heterocycles. The summed E-state index contributed by atoms with van der Waals surface area (Å²) < 4.78 is 5.54. The summed E-state index contributed by atoms with van der Waals surface area (Å²) in [6.45, 7) is 6.41. The molecule has 1 saturated carbocycles. The van der Waals surface area contributed by atoms with E-state index in [0.29, 0.717) is 18.0 Å². The monoisotopic (exact) mass is 332 g/mol. The zero-order valence-corrected chi connectivity index (χ0v) is 14.8. The Kier molecular flexibility index (Phi) is 6.64. The number of hydrogen-bond acceptors (Lipinski definition) is 3. The molecular weight excluding hydrogens is 304 g/mol. The van der Waals surface area contributed by atoms with E-state index >= 15 is 0 Å². The van der Waals surface area contributed by atoms with Crippen molar-refractivity contribution in [2.75, 3.05) is 11.9 Å². The molecule has 0 saturated heterocycles. The number of hydrogen-bond donors (Lipinski definition) is 2. The molecule has 0 unspecified atom stereocenters. The smallest absolute Gasteiger partial charge is 0.227 e. The van der Waals surface area contributed by atoms with Crippen LogP contribution in [0, 0.1) is 11.8 Å². The summed E-state index contributed by atoms with van der Waals surface area (Å²) >= 11 is 0. The third-order valence-corrected chi connectivity index (χ3v) is 4.34. The van der Waals surface area contributed by atoms with Gasteiger partial charge in [-0.2, -0.15) is 0 Å². The predicted molar refractivity (Wildman–Crippen MR) is 95.0 cm³/mol. The van der Waals surface area contributed by atoms with Gasteiger partial charge in [-0.3, -0.25) is 9.59 Å². The zero-order chi connectivity index (χ0) is 17.5. The van der Waals surface area contributed by atoms with Gasteiger partial charge in [0.2, 0.25) is 11.8 Å². The van der Waals surface area contributed by atoms with E-state index in [-0.39, 0.29) is 29.7 Å². The van der Waals surface area contributed by atoms with Gasteiger partial charge in [0.25, 0.3) is 0 Å². The molecule has 0 aromatic heterocycles. The Morgan fingerprint density at radius 2 is 1.67 bits per heavy atom. The van der Waals surface area contributed by atoms with Crippen LogP contribution in [0.25, 0.3) is 0 Å². The summed E-state index contributed by atoms with van der Waals surface area (Å²) in [5, 5.41) is 5.94. The molecular formula is C19H28N2O3. The van der Waals surface area contributed by atoms with Gasteiger partial charge < -0.3 is 15.4 Å². The minimum atomic E-state index is -0.0391. The Balaban J connectivity index is 1.88. The van der Waals surface area contributed by atoms with Crippen molar-refractivity contribution in [3.8, 4) is 5.75 Å². The molecule has 2 rings (SSSR count). The lowest BCUT2D eigenvalue weighted by atomic mass is 9.81. The third-order valence-electron chi connectivity index (χ3n) is 4.34. The highest BCUT2D eigenvalue weighted by Crippen LogP contribution is 2.31. The van der Waals surface area contributed by atoms with Gasteiger partial charge in [0.1, 0.15) is 5.75 Å². The number of anilines is 1. The molecule has 0 heterocycles. The molecule has 1 aliphatic carbocycles. The largest absolute Gasteiger partial charge is 0.492 e. The minimum absolute atomic E-state index is 0.0184. The number of benzene rings is 1. The second kappa shape index (κ2) is 8.71. The van der Waals surface area contributed by atoms with Crippen LogP contribution in [0.2, 0.25) is 0 Å². The molecule has 0 radical (unpaired) electrons. The fraction of sp³-hybridized carbons (Fsp3) is 0.579. The number of nitrogens with one attached hydrogen (secondary N) is 2. The van der Waals surface area contributed by atoms with Crippen molar-refractivity contribution in [1.29, 1.82) is 0 Å². The van der Waals surface area contributed by atoms with Crippen LogP contribution < -0.4 is 15.4 Å². The summed E-state index contributed by atoms with van der Waals surface area (Å²) in [7, 11) is 0. The number of carbonyl (C=O) groups is 2. The van der Waals surface area contributed by atoms with Crippen LogP contribution in [-0.2, 0) is 9.59 Å². The predicted octanol–water partition coefficient (Wildman–Crippen LogP) is 3.35. The summed E-state index contributed by atoms with van der Waals surface area (Å²) in [6.07, 6.45) is 3.03. The molecule has 5 heteroatoms. The van der Waals surface area contributed by atoms with Crippen molar-refractivity contribution < 1.29 is 14.3 Å². The van der Waals surface area contributed by atoms with E-state index in [1.54, 1.807) is 0 Å². The van der Waals surface area contributed by atoms with Crippen molar-refractivity contribution in [3.63, 3.8) is 0 Å². The van der Waals surface area contributed by atoms with E-state index in [4.69, 9.17) is 4.74 Å². The highest BCUT2D eigenvalue weighted by Gasteiger charge is 2.30. The second-order valence-corrected chi connectivity index (χ2v) is 6.63. The molecule has 1 aliphatic rings. The first-order valence-corrected chi connectivity index (χ1v) is 8.84. The minimum Gasteiger partial charge on any atom is -0.492 e. The summed E-state index contributed by atoms with van der Waals surface area (Å²) in [5.41, 5.74) is 0.712. The molecule has 1 aromatic rings. The first kappa shape index (κ1) is 18.3. The Labute approximate surface area is 144 Å². The molecule has 132 valence electrons. The van der Waals surface area contributed by atoms with Crippen molar-refractivity contribution in [3.05, 3.63) is 24.3 Å². The molecule has 0 bridgehead atoms. The van der Waals surface area contributed by atoms with Crippen LogP contribution in [0.1, 0.15) is 46.5 Å². The molecule has 1 fully saturated rings. The number of amides is 2. The Morgan fingerprint density at radius 1 is 1.08 bits per heavy atom. The Hall–Kier alpha value is -2.04. The van der Waals surface area contributed by atoms with Gasteiger partial charge in [-0.1, -0.05) is 12.1 Å². The highest BCUT2D eigenvalue weighted by atomic mass is 16.5. The third kappa shape index (κ3) is 4.98. The quantitative estimate of drug-likeness (QED) is 0.839. The van der Waals surface area contributed by atoms with E-state index in [1.807, 2.05) is 45.0 Å². The normalized spacial score (nSPS) is 20.5. The first-order chi connectivity index (χ1) is 11.5. The van der Waals surface area contributed by atoms with Gasteiger partial charge >= 0.3 is 0 Å². The van der Waals surface area contributed by atoms with Crippen LogP contribution >= 0.6 is 0 Å². The standard InChI is InChI=1S/C19H28N2O3/c1-4-24-17-8-6-5-7-16(17)21-19(23)15-11-9-14(10-12-15)18(22)20-13(2)3/h5-8,13-15H,4,9-12H2,1-3H3,(H,20,22)(H,21,23). The van der Waals surface area contributed by atoms with Crippen LogP contribution in [0.15, 0.2) is 24.3 Å². The Morgan fingerprint density at radius 3 is 2.25 bits per heavy atom. The van der Waals surface area contributed by atoms with Gasteiger partial charge in [-0.25, -0.2) is 0 Å². The van der Waals surface area contributed by atoms with E-state index in [2.05, 4.69) is 10.6 Å². The molecule has 2 N–H and O–H groups in total. The van der Waals surface area contributed by atoms with Gasteiger partial charge in [-0.05, 0) is 58.6 Å². The lowest BCUT2D eigenvalue weighted by Gasteiger charge is -2.27. The van der Waals surface area contributed by atoms with Gasteiger partial charge in [0, 0.05) is 17.9 Å². The lowest BCUT2D eigenvalue weighted by molar-refractivity contribution is -0.128. The topological polar surface area (TPSA) is 67.4 Å². The maximum absolute atomic E-state index is 12.5. The van der Waals surface area contributed by atoms with E-state index in [0.717, 1.165) is 25.7 Å². The maximum atomic E-state index is 12.5. The van der Waals surface area contributed by atoms with Crippen molar-refractivity contribution in [2.24, 2.45) is 11.8 Å². The number of para-hydroxylation sites is 2. The SMILES string of the molecule is CCOc1ccccc1NC(=O)C1CCC(C(=O)NC(C)C)CC1. The van der Waals surface area contributed by atoms with Crippen molar-refractivity contribution >= 4 is 17.5 Å². The van der Waals surface area contributed by atoms with Gasteiger partial charge in [0.15, 0.2) is 0 Å². The van der Waals surface area contributed by atoms with E-state index < -0.39 is 0 Å². The average Bonchev–Trinajstić information content (AvgIpc) is 2.56. The maximum Gasteiger partial charge on any atom is 0.227 e. The molecule has 5 nitrogen and oxygen atoms in total. The fourth-order valence-corrected chi connectivity index (χ4v) is 3.11. The second-order valence-electron chi connectivity index (χ2n) is 6.63. The molecule has 24 heavy (non-hydrogen) atoms. The molecule has 0 spiro atoms. The summed E-state index contributed by atoms with van der Waals surface area (Å²) in [4.78, 5) is 24.6. The molecule has 1 aromatic carbocycles. The van der Waals surface area contributed by atoms with E-state index in [1.165, 1.54) is 0 Å². The van der Waals surface area contributed by atoms with Crippen molar-refractivity contribution in [1.82, 2.24) is 5.32 Å². The summed E-state index contributed by atoms with van der Waals surface area (Å²) in [6, 6.07) is 7.63. The van der Waals surface area contributed by atoms with Gasteiger partial charge in [0.05, 0.1) is 12.3 Å². The number of rotatable bonds is 6. The fourth-order valence-electron chi connectivity index (χ4n) is 3.11. The molecule has 2 amide bonds. The van der Waals surface area contributed by atoms with Crippen LogP contribution in [-0.4, -0.2) is 24.5 Å². The zero-order valence-electron chi connectivity index (χ0n) is 14.8. The van der Waals surface area contributed by atoms with Crippen molar-refractivity contribution in [2.45, 2.75) is 52.5 Å². The summed E-state index contributed by atoms with van der Waals surface area (Å²) in [5.74, 6) is 0.823. The van der Waals surface area contributed by atoms with Crippen LogP contribution in [0.5, 0.6) is 5.75 Å². The highest BCUT2D eigenvalue weighted by molar-refractivity contribution is 5.94. The van der Waals surface area contributed by atoms with E-state index in [9.17, 15) is 9.59 Å². The van der Waals surface area contributed by atoms with Crippen LogP contribution in [0.3, 0.4) is 0 Å². The average molecular weight is 332 g/mol. The molecule has 0 atom stereocenters. The first-order valence-electron chi connectivity index (χ1n) is 8.84. The Bertz CT molecular complexity index is 563. The van der Waals surface area contributed by atoms with Crippen LogP contribution in [0.4, 0.5) is 5.69 Å².